The van der Waals surface area contributed by atoms with E-state index in [9.17, 15) is 0 Å². The average molecular weight is 270 g/mol. The van der Waals surface area contributed by atoms with Gasteiger partial charge in [-0.1, -0.05) is 13.0 Å². The van der Waals surface area contributed by atoms with Crippen molar-refractivity contribution in [3.05, 3.63) is 42.6 Å². The van der Waals surface area contributed by atoms with E-state index < -0.39 is 0 Å². The highest BCUT2D eigenvalue weighted by Gasteiger charge is 2.08. The van der Waals surface area contributed by atoms with Gasteiger partial charge in [0.2, 0.25) is 0 Å². The maximum atomic E-state index is 5.79. The predicted molar refractivity (Wildman–Crippen MR) is 77.8 cm³/mol. The van der Waals surface area contributed by atoms with Gasteiger partial charge in [-0.25, -0.2) is 4.98 Å². The zero-order valence-corrected chi connectivity index (χ0v) is 11.8. The Morgan fingerprint density at radius 1 is 1.25 bits per heavy atom. The number of rotatable bonds is 5. The van der Waals surface area contributed by atoms with Gasteiger partial charge in [-0.15, -0.1) is 0 Å². The average Bonchev–Trinajstić information content (AvgIpc) is 3.05. The maximum absolute atomic E-state index is 5.79. The van der Waals surface area contributed by atoms with Gasteiger partial charge in [-0.2, -0.15) is 5.10 Å². The smallest absolute Gasteiger partial charge is 0.146 e. The summed E-state index contributed by atoms with van der Waals surface area (Å²) in [5.41, 5.74) is 1.15. The zero-order valence-electron chi connectivity index (χ0n) is 11.8. The number of nitrogens with zero attached hydrogens (tertiary/aromatic N) is 4. The molecule has 0 amide bonds. The second-order valence-corrected chi connectivity index (χ2v) is 4.78. The molecule has 0 unspecified atom stereocenters. The molecule has 0 aliphatic heterocycles. The monoisotopic (exact) mass is 270 g/mol. The van der Waals surface area contributed by atoms with E-state index in [1.165, 1.54) is 0 Å². The van der Waals surface area contributed by atoms with E-state index in [0.29, 0.717) is 6.54 Å². The van der Waals surface area contributed by atoms with Gasteiger partial charge in [0.25, 0.3) is 0 Å². The second-order valence-electron chi connectivity index (χ2n) is 4.78. The lowest BCUT2D eigenvalue weighted by Gasteiger charge is -2.08. The molecule has 0 saturated carbocycles. The molecule has 1 aromatic carbocycles. The summed E-state index contributed by atoms with van der Waals surface area (Å²) < 4.78 is 9.75. The van der Waals surface area contributed by atoms with E-state index in [4.69, 9.17) is 4.74 Å². The Balaban J connectivity index is 1.95. The number of fused-ring (bicyclic) bond motifs is 1. The van der Waals surface area contributed by atoms with Crippen molar-refractivity contribution in [3.63, 3.8) is 0 Å². The fraction of sp³-hybridized carbons (Fsp3) is 0.333. The molecule has 2 heterocycles. The maximum Gasteiger partial charge on any atom is 0.146 e. The minimum Gasteiger partial charge on any atom is -0.493 e. The minimum absolute atomic E-state index is 0.706. The molecule has 0 N–H and O–H groups in total. The summed E-state index contributed by atoms with van der Waals surface area (Å²) in [7, 11) is 1.91. The molecule has 0 radical (unpaired) electrons. The highest BCUT2D eigenvalue weighted by Crippen LogP contribution is 2.27. The van der Waals surface area contributed by atoms with Crippen molar-refractivity contribution in [2.75, 3.05) is 6.61 Å². The first kappa shape index (κ1) is 12.7. The Hall–Kier alpha value is -2.30. The third kappa shape index (κ3) is 2.27. The van der Waals surface area contributed by atoms with Crippen LogP contribution in [0.1, 0.15) is 19.2 Å². The number of ether oxygens (including phenoxy) is 1. The Kier molecular flexibility index (Phi) is 3.41. The molecule has 104 valence electrons. The van der Waals surface area contributed by atoms with Gasteiger partial charge in [0.05, 0.1) is 18.7 Å². The summed E-state index contributed by atoms with van der Waals surface area (Å²) in [6.07, 6.45) is 4.66. The molecule has 3 rings (SSSR count). The largest absolute Gasteiger partial charge is 0.493 e. The summed E-state index contributed by atoms with van der Waals surface area (Å²) in [6, 6.07) is 8.24. The van der Waals surface area contributed by atoms with Gasteiger partial charge in [0, 0.05) is 18.6 Å². The van der Waals surface area contributed by atoms with Crippen LogP contribution in [0.4, 0.5) is 0 Å². The number of hydrogen-bond acceptors (Lipinski definition) is 3. The normalized spacial score (nSPS) is 11.1. The Morgan fingerprint density at radius 2 is 2.15 bits per heavy atom. The van der Waals surface area contributed by atoms with Crippen molar-refractivity contribution in [1.82, 2.24) is 19.3 Å². The first-order valence-corrected chi connectivity index (χ1v) is 6.83. The van der Waals surface area contributed by atoms with Gasteiger partial charge in [-0.3, -0.25) is 4.68 Å². The molecule has 3 aromatic rings. The molecule has 0 aliphatic rings. The van der Waals surface area contributed by atoms with E-state index in [-0.39, 0.29) is 0 Å². The second kappa shape index (κ2) is 5.36. The number of benzene rings is 1. The molecule has 20 heavy (non-hydrogen) atoms. The van der Waals surface area contributed by atoms with Gasteiger partial charge in [-0.05, 0) is 24.6 Å². The Bertz CT molecular complexity index is 714. The molecule has 0 aliphatic carbocycles. The van der Waals surface area contributed by atoms with E-state index in [1.54, 1.807) is 11.0 Å². The van der Waals surface area contributed by atoms with Crippen molar-refractivity contribution in [2.45, 2.75) is 19.9 Å². The lowest BCUT2D eigenvalue weighted by Crippen LogP contribution is -2.05. The number of aryl methyl sites for hydroxylation is 1. The SMILES string of the molecule is CCCOc1cccc2c1ccn2Cc1ncnn1C. The van der Waals surface area contributed by atoms with Crippen molar-refractivity contribution < 1.29 is 4.74 Å². The Labute approximate surface area is 117 Å². The summed E-state index contributed by atoms with van der Waals surface area (Å²) in [5.74, 6) is 1.88. The van der Waals surface area contributed by atoms with E-state index >= 15 is 0 Å². The summed E-state index contributed by atoms with van der Waals surface area (Å²) >= 11 is 0. The third-order valence-electron chi connectivity index (χ3n) is 3.35. The topological polar surface area (TPSA) is 44.9 Å². The van der Waals surface area contributed by atoms with Crippen LogP contribution in [0.15, 0.2) is 36.8 Å². The van der Waals surface area contributed by atoms with Crippen LogP contribution in [0.3, 0.4) is 0 Å². The van der Waals surface area contributed by atoms with Crippen LogP contribution in [-0.2, 0) is 13.6 Å². The van der Waals surface area contributed by atoms with Crippen molar-refractivity contribution >= 4 is 10.9 Å². The molecule has 0 saturated heterocycles. The fourth-order valence-electron chi connectivity index (χ4n) is 2.29. The van der Waals surface area contributed by atoms with Crippen LogP contribution in [0.25, 0.3) is 10.9 Å². The lowest BCUT2D eigenvalue weighted by atomic mass is 10.2. The van der Waals surface area contributed by atoms with Gasteiger partial charge in [0.15, 0.2) is 0 Å². The summed E-state index contributed by atoms with van der Waals surface area (Å²) in [5, 5.41) is 5.24. The lowest BCUT2D eigenvalue weighted by molar-refractivity contribution is 0.321. The van der Waals surface area contributed by atoms with Gasteiger partial charge >= 0.3 is 0 Å². The number of hydrogen-bond donors (Lipinski definition) is 0. The van der Waals surface area contributed by atoms with Crippen LogP contribution in [0.2, 0.25) is 0 Å². The van der Waals surface area contributed by atoms with Crippen molar-refractivity contribution in [3.8, 4) is 5.75 Å². The summed E-state index contributed by atoms with van der Waals surface area (Å²) in [4.78, 5) is 4.27. The third-order valence-corrected chi connectivity index (χ3v) is 3.35. The van der Waals surface area contributed by atoms with Crippen molar-refractivity contribution in [1.29, 1.82) is 0 Å². The molecule has 5 heteroatoms. The van der Waals surface area contributed by atoms with E-state index in [1.807, 2.05) is 19.2 Å². The van der Waals surface area contributed by atoms with E-state index in [0.717, 1.165) is 35.5 Å². The van der Waals surface area contributed by atoms with Crippen LogP contribution in [-0.4, -0.2) is 25.9 Å². The molecular formula is C15H18N4O. The van der Waals surface area contributed by atoms with E-state index in [2.05, 4.69) is 39.9 Å². The van der Waals surface area contributed by atoms with Gasteiger partial charge in [0.1, 0.15) is 17.9 Å². The fourth-order valence-corrected chi connectivity index (χ4v) is 2.29. The van der Waals surface area contributed by atoms with Crippen LogP contribution in [0, 0.1) is 0 Å². The number of aromatic nitrogens is 4. The highest BCUT2D eigenvalue weighted by atomic mass is 16.5. The van der Waals surface area contributed by atoms with Crippen LogP contribution >= 0.6 is 0 Å². The standard InChI is InChI=1S/C15H18N4O/c1-3-9-20-14-6-4-5-13-12(14)7-8-19(13)10-15-16-11-17-18(15)2/h4-8,11H,3,9-10H2,1-2H3. The highest BCUT2D eigenvalue weighted by molar-refractivity contribution is 5.86. The molecular weight excluding hydrogens is 252 g/mol. The van der Waals surface area contributed by atoms with Crippen LogP contribution < -0.4 is 4.74 Å². The first-order valence-electron chi connectivity index (χ1n) is 6.83. The summed E-state index contributed by atoms with van der Waals surface area (Å²) in [6.45, 7) is 3.56. The molecule has 0 spiro atoms. The van der Waals surface area contributed by atoms with Gasteiger partial charge < -0.3 is 9.30 Å². The first-order chi connectivity index (χ1) is 9.79. The Morgan fingerprint density at radius 3 is 2.90 bits per heavy atom. The zero-order chi connectivity index (χ0) is 13.9. The minimum atomic E-state index is 0.706. The molecule has 5 nitrogen and oxygen atoms in total. The van der Waals surface area contributed by atoms with Crippen molar-refractivity contribution in [2.24, 2.45) is 7.05 Å². The molecule has 0 fully saturated rings. The predicted octanol–water partition coefficient (Wildman–Crippen LogP) is 2.61. The molecule has 0 atom stereocenters. The molecule has 0 bridgehead atoms. The molecule has 2 aromatic heterocycles. The quantitative estimate of drug-likeness (QED) is 0.716. The van der Waals surface area contributed by atoms with Crippen LogP contribution in [0.5, 0.6) is 5.75 Å².